The maximum atomic E-state index is 4.28. The first-order valence-corrected chi connectivity index (χ1v) is 7.23. The minimum Gasteiger partial charge on any atom is -0.334 e. The first-order chi connectivity index (χ1) is 8.79. The molecular weight excluding hydrogens is 224 g/mol. The van der Waals surface area contributed by atoms with Gasteiger partial charge in [-0.05, 0) is 32.9 Å². The minimum atomic E-state index is 0.682. The fraction of sp³-hybridized carbons (Fsp3) is 0.786. The van der Waals surface area contributed by atoms with E-state index in [4.69, 9.17) is 0 Å². The SMILES string of the molecule is CCCC1CN(CCn2ccnc2C)CCCN1. The normalized spacial score (nSPS) is 22.0. The lowest BCUT2D eigenvalue weighted by Crippen LogP contribution is -2.38. The summed E-state index contributed by atoms with van der Waals surface area (Å²) in [5.41, 5.74) is 0. The summed E-state index contributed by atoms with van der Waals surface area (Å²) in [6.07, 6.45) is 7.80. The van der Waals surface area contributed by atoms with E-state index in [1.54, 1.807) is 0 Å². The van der Waals surface area contributed by atoms with Gasteiger partial charge < -0.3 is 9.88 Å². The van der Waals surface area contributed by atoms with E-state index in [1.807, 2.05) is 6.20 Å². The van der Waals surface area contributed by atoms with Gasteiger partial charge in [0.25, 0.3) is 0 Å². The third-order valence-electron chi connectivity index (χ3n) is 3.78. The Balaban J connectivity index is 1.82. The van der Waals surface area contributed by atoms with Gasteiger partial charge in [0.2, 0.25) is 0 Å². The molecule has 18 heavy (non-hydrogen) atoms. The van der Waals surface area contributed by atoms with E-state index in [0.717, 1.165) is 18.9 Å². The standard InChI is InChI=1S/C14H26N4/c1-3-5-14-12-17(8-4-6-16-14)10-11-18-9-7-15-13(18)2/h7,9,14,16H,3-6,8,10-12H2,1-2H3. The van der Waals surface area contributed by atoms with E-state index >= 15 is 0 Å². The molecule has 4 heteroatoms. The van der Waals surface area contributed by atoms with Crippen LogP contribution < -0.4 is 5.32 Å². The van der Waals surface area contributed by atoms with Crippen LogP contribution in [0.1, 0.15) is 32.0 Å². The zero-order valence-corrected chi connectivity index (χ0v) is 11.7. The van der Waals surface area contributed by atoms with Crippen molar-refractivity contribution in [2.24, 2.45) is 0 Å². The highest BCUT2D eigenvalue weighted by Gasteiger charge is 2.16. The van der Waals surface area contributed by atoms with Crippen molar-refractivity contribution in [1.82, 2.24) is 19.8 Å². The summed E-state index contributed by atoms with van der Waals surface area (Å²) in [6.45, 7) is 10.1. The molecule has 0 bridgehead atoms. The first-order valence-electron chi connectivity index (χ1n) is 7.23. The molecule has 1 aliphatic heterocycles. The van der Waals surface area contributed by atoms with Gasteiger partial charge in [-0.15, -0.1) is 0 Å². The number of aromatic nitrogens is 2. The van der Waals surface area contributed by atoms with E-state index in [9.17, 15) is 0 Å². The van der Waals surface area contributed by atoms with Gasteiger partial charge in [-0.1, -0.05) is 13.3 Å². The Kier molecular flexibility index (Phi) is 5.20. The lowest BCUT2D eigenvalue weighted by Gasteiger charge is -2.24. The summed E-state index contributed by atoms with van der Waals surface area (Å²) in [5.74, 6) is 1.12. The average molecular weight is 250 g/mol. The zero-order chi connectivity index (χ0) is 12.8. The molecule has 0 saturated carbocycles. The summed E-state index contributed by atoms with van der Waals surface area (Å²) in [6, 6.07) is 0.682. The highest BCUT2D eigenvalue weighted by Crippen LogP contribution is 2.06. The highest BCUT2D eigenvalue weighted by molar-refractivity contribution is 4.88. The second-order valence-corrected chi connectivity index (χ2v) is 5.26. The first kappa shape index (κ1) is 13.6. The molecule has 0 amide bonds. The molecule has 2 rings (SSSR count). The van der Waals surface area contributed by atoms with Crippen molar-refractivity contribution in [2.45, 2.75) is 45.7 Å². The van der Waals surface area contributed by atoms with Crippen molar-refractivity contribution in [3.05, 3.63) is 18.2 Å². The maximum absolute atomic E-state index is 4.28. The van der Waals surface area contributed by atoms with Crippen molar-refractivity contribution in [1.29, 1.82) is 0 Å². The quantitative estimate of drug-likeness (QED) is 0.862. The third-order valence-corrected chi connectivity index (χ3v) is 3.78. The third kappa shape index (κ3) is 3.82. The van der Waals surface area contributed by atoms with Crippen LogP contribution >= 0.6 is 0 Å². The molecule has 1 aromatic heterocycles. The van der Waals surface area contributed by atoms with Gasteiger partial charge >= 0.3 is 0 Å². The zero-order valence-electron chi connectivity index (χ0n) is 11.7. The Morgan fingerprint density at radius 3 is 3.06 bits per heavy atom. The van der Waals surface area contributed by atoms with E-state index in [-0.39, 0.29) is 0 Å². The van der Waals surface area contributed by atoms with Crippen LogP contribution in [0.15, 0.2) is 12.4 Å². The fourth-order valence-corrected chi connectivity index (χ4v) is 2.71. The van der Waals surface area contributed by atoms with Gasteiger partial charge in [-0.2, -0.15) is 0 Å². The van der Waals surface area contributed by atoms with Gasteiger partial charge in [-0.25, -0.2) is 4.98 Å². The fourth-order valence-electron chi connectivity index (χ4n) is 2.71. The summed E-state index contributed by atoms with van der Waals surface area (Å²) in [7, 11) is 0. The Morgan fingerprint density at radius 2 is 2.33 bits per heavy atom. The van der Waals surface area contributed by atoms with Crippen molar-refractivity contribution in [3.63, 3.8) is 0 Å². The molecule has 1 atom stereocenters. The molecule has 0 spiro atoms. The largest absolute Gasteiger partial charge is 0.334 e. The van der Waals surface area contributed by atoms with Gasteiger partial charge in [0.15, 0.2) is 0 Å². The number of imidazole rings is 1. The second kappa shape index (κ2) is 6.90. The Bertz CT molecular complexity index is 347. The molecule has 1 N–H and O–H groups in total. The summed E-state index contributed by atoms with van der Waals surface area (Å²) in [4.78, 5) is 6.87. The van der Waals surface area contributed by atoms with Crippen LogP contribution in [0.3, 0.4) is 0 Å². The van der Waals surface area contributed by atoms with Crippen LogP contribution in [0, 0.1) is 6.92 Å². The van der Waals surface area contributed by atoms with Crippen molar-refractivity contribution < 1.29 is 0 Å². The topological polar surface area (TPSA) is 33.1 Å². The lowest BCUT2D eigenvalue weighted by molar-refractivity contribution is 0.252. The number of hydrogen-bond acceptors (Lipinski definition) is 3. The summed E-state index contributed by atoms with van der Waals surface area (Å²) in [5, 5.41) is 3.66. The van der Waals surface area contributed by atoms with Gasteiger partial charge in [-0.3, -0.25) is 4.90 Å². The van der Waals surface area contributed by atoms with E-state index in [2.05, 4.69) is 39.8 Å². The minimum absolute atomic E-state index is 0.682. The van der Waals surface area contributed by atoms with E-state index < -0.39 is 0 Å². The van der Waals surface area contributed by atoms with Gasteiger partial charge in [0.05, 0.1) is 0 Å². The van der Waals surface area contributed by atoms with Crippen molar-refractivity contribution >= 4 is 0 Å². The molecule has 1 unspecified atom stereocenters. The number of nitrogens with zero attached hydrogens (tertiary/aromatic N) is 3. The number of nitrogens with one attached hydrogen (secondary N) is 1. The van der Waals surface area contributed by atoms with Crippen molar-refractivity contribution in [2.75, 3.05) is 26.2 Å². The summed E-state index contributed by atoms with van der Waals surface area (Å²) >= 11 is 0. The van der Waals surface area contributed by atoms with Gasteiger partial charge in [0.1, 0.15) is 5.82 Å². The van der Waals surface area contributed by atoms with Crippen LogP contribution in [-0.2, 0) is 6.54 Å². The number of aryl methyl sites for hydroxylation is 1. The molecule has 4 nitrogen and oxygen atoms in total. The molecule has 0 aromatic carbocycles. The molecule has 1 fully saturated rings. The van der Waals surface area contributed by atoms with Crippen LogP contribution in [0.4, 0.5) is 0 Å². The smallest absolute Gasteiger partial charge is 0.105 e. The molecular formula is C14H26N4. The second-order valence-electron chi connectivity index (χ2n) is 5.26. The van der Waals surface area contributed by atoms with E-state index in [1.165, 1.54) is 38.9 Å². The average Bonchev–Trinajstić information content (AvgIpc) is 2.63. The number of rotatable bonds is 5. The molecule has 102 valence electrons. The lowest BCUT2D eigenvalue weighted by atomic mass is 10.1. The van der Waals surface area contributed by atoms with E-state index in [0.29, 0.717) is 6.04 Å². The van der Waals surface area contributed by atoms with Crippen LogP contribution in [0.25, 0.3) is 0 Å². The highest BCUT2D eigenvalue weighted by atomic mass is 15.2. The Labute approximate surface area is 110 Å². The molecule has 1 aromatic rings. The Hall–Kier alpha value is -0.870. The van der Waals surface area contributed by atoms with Crippen LogP contribution in [0.2, 0.25) is 0 Å². The molecule has 1 aliphatic rings. The van der Waals surface area contributed by atoms with Gasteiger partial charge in [0, 0.05) is 38.1 Å². The molecule has 0 radical (unpaired) electrons. The van der Waals surface area contributed by atoms with Crippen LogP contribution in [-0.4, -0.2) is 46.7 Å². The molecule has 0 aliphatic carbocycles. The van der Waals surface area contributed by atoms with Crippen molar-refractivity contribution in [3.8, 4) is 0 Å². The predicted molar refractivity (Wildman–Crippen MR) is 74.7 cm³/mol. The molecule has 1 saturated heterocycles. The Morgan fingerprint density at radius 1 is 1.44 bits per heavy atom. The van der Waals surface area contributed by atoms with Crippen LogP contribution in [0.5, 0.6) is 0 Å². The maximum Gasteiger partial charge on any atom is 0.105 e. The monoisotopic (exact) mass is 250 g/mol. The summed E-state index contributed by atoms with van der Waals surface area (Å²) < 4.78 is 2.24. The number of hydrogen-bond donors (Lipinski definition) is 1. The predicted octanol–water partition coefficient (Wildman–Crippen LogP) is 1.66. The molecule has 2 heterocycles.